The first-order valence-corrected chi connectivity index (χ1v) is 6.50. The number of carbonyl (C=O) groups excluding carboxylic acids is 2. The molecule has 20 heavy (non-hydrogen) atoms. The number of carbonyl (C=O) groups is 2. The highest BCUT2D eigenvalue weighted by Crippen LogP contribution is 2.10. The van der Waals surface area contributed by atoms with Crippen molar-refractivity contribution >= 4 is 29.4 Å². The van der Waals surface area contributed by atoms with Gasteiger partial charge in [-0.2, -0.15) is 4.99 Å². The highest BCUT2D eigenvalue weighted by Gasteiger charge is 2.07. The van der Waals surface area contributed by atoms with E-state index in [9.17, 15) is 9.59 Å². The van der Waals surface area contributed by atoms with E-state index in [0.717, 1.165) is 5.56 Å². The SMILES string of the molecule is CCOC(=O)CC(C)=NC(=O)OCc1ccc(Cl)cc1. The topological polar surface area (TPSA) is 65.0 Å². The van der Waals surface area contributed by atoms with Crippen LogP contribution in [0.3, 0.4) is 0 Å². The number of rotatable bonds is 5. The number of hydrogen-bond donors (Lipinski definition) is 0. The van der Waals surface area contributed by atoms with E-state index in [1.807, 2.05) is 0 Å². The summed E-state index contributed by atoms with van der Waals surface area (Å²) in [5, 5.41) is 0.614. The van der Waals surface area contributed by atoms with Crippen LogP contribution in [0, 0.1) is 0 Å². The summed E-state index contributed by atoms with van der Waals surface area (Å²) in [6.45, 7) is 3.69. The molecule has 0 saturated carbocycles. The molecule has 1 aromatic rings. The highest BCUT2D eigenvalue weighted by atomic mass is 35.5. The van der Waals surface area contributed by atoms with Crippen molar-refractivity contribution in [3.05, 3.63) is 34.9 Å². The molecule has 0 aliphatic carbocycles. The molecule has 1 rings (SSSR count). The van der Waals surface area contributed by atoms with Crippen LogP contribution in [0.5, 0.6) is 0 Å². The Bertz CT molecular complexity index is 496. The van der Waals surface area contributed by atoms with Gasteiger partial charge in [0, 0.05) is 10.7 Å². The highest BCUT2D eigenvalue weighted by molar-refractivity contribution is 6.30. The fourth-order valence-electron chi connectivity index (χ4n) is 1.37. The van der Waals surface area contributed by atoms with E-state index >= 15 is 0 Å². The standard InChI is InChI=1S/C14H16ClNO4/c1-3-19-13(17)8-10(2)16-14(18)20-9-11-4-6-12(15)7-5-11/h4-7H,3,8-9H2,1-2H3. The zero-order valence-electron chi connectivity index (χ0n) is 11.4. The van der Waals surface area contributed by atoms with Crippen molar-refractivity contribution < 1.29 is 19.1 Å². The number of benzene rings is 1. The Kier molecular flexibility index (Phi) is 6.73. The van der Waals surface area contributed by atoms with Crippen LogP contribution in [-0.2, 0) is 20.9 Å². The molecule has 0 atom stereocenters. The van der Waals surface area contributed by atoms with Crippen molar-refractivity contribution in [1.82, 2.24) is 0 Å². The van der Waals surface area contributed by atoms with E-state index < -0.39 is 12.1 Å². The molecule has 108 valence electrons. The van der Waals surface area contributed by atoms with Gasteiger partial charge >= 0.3 is 12.1 Å². The molecular weight excluding hydrogens is 282 g/mol. The monoisotopic (exact) mass is 297 g/mol. The first-order valence-electron chi connectivity index (χ1n) is 6.12. The van der Waals surface area contributed by atoms with E-state index in [1.165, 1.54) is 0 Å². The number of esters is 1. The summed E-state index contributed by atoms with van der Waals surface area (Å²) >= 11 is 5.74. The fourth-order valence-corrected chi connectivity index (χ4v) is 1.50. The van der Waals surface area contributed by atoms with E-state index in [4.69, 9.17) is 21.1 Å². The molecule has 0 unspecified atom stereocenters. The maximum absolute atomic E-state index is 11.4. The molecule has 1 amide bonds. The summed E-state index contributed by atoms with van der Waals surface area (Å²) < 4.78 is 9.71. The van der Waals surface area contributed by atoms with E-state index in [2.05, 4.69) is 4.99 Å². The van der Waals surface area contributed by atoms with Crippen molar-refractivity contribution in [2.75, 3.05) is 6.61 Å². The number of amides is 1. The first kappa shape index (κ1) is 16.2. The Morgan fingerprint density at radius 1 is 1.20 bits per heavy atom. The van der Waals surface area contributed by atoms with E-state index in [-0.39, 0.29) is 13.0 Å². The lowest BCUT2D eigenvalue weighted by Gasteiger charge is -2.03. The van der Waals surface area contributed by atoms with Crippen LogP contribution >= 0.6 is 11.6 Å². The molecule has 0 radical (unpaired) electrons. The zero-order valence-corrected chi connectivity index (χ0v) is 12.1. The van der Waals surface area contributed by atoms with Gasteiger partial charge in [-0.05, 0) is 31.5 Å². The van der Waals surface area contributed by atoms with Crippen LogP contribution in [0.4, 0.5) is 4.79 Å². The molecule has 0 heterocycles. The Morgan fingerprint density at radius 2 is 1.85 bits per heavy atom. The summed E-state index contributed by atoms with van der Waals surface area (Å²) in [6.07, 6.45) is -0.758. The predicted molar refractivity (Wildman–Crippen MR) is 76.0 cm³/mol. The van der Waals surface area contributed by atoms with Crippen LogP contribution in [0.1, 0.15) is 25.8 Å². The Balaban J connectivity index is 2.42. The molecule has 1 aromatic carbocycles. The number of hydrogen-bond acceptors (Lipinski definition) is 4. The van der Waals surface area contributed by atoms with Gasteiger partial charge in [0.1, 0.15) is 6.61 Å². The molecule has 0 aliphatic heterocycles. The minimum absolute atomic E-state index is 0.0239. The van der Waals surface area contributed by atoms with Crippen LogP contribution in [-0.4, -0.2) is 24.4 Å². The van der Waals surface area contributed by atoms with Gasteiger partial charge in [-0.3, -0.25) is 4.79 Å². The van der Waals surface area contributed by atoms with Gasteiger partial charge in [-0.25, -0.2) is 4.79 Å². The predicted octanol–water partition coefficient (Wildman–Crippen LogP) is 3.39. The maximum Gasteiger partial charge on any atom is 0.433 e. The van der Waals surface area contributed by atoms with Gasteiger partial charge in [-0.15, -0.1) is 0 Å². The lowest BCUT2D eigenvalue weighted by atomic mass is 10.2. The molecule has 0 aromatic heterocycles. The van der Waals surface area contributed by atoms with Gasteiger partial charge in [-0.1, -0.05) is 23.7 Å². The average molecular weight is 298 g/mol. The third kappa shape index (κ3) is 6.33. The quantitative estimate of drug-likeness (QED) is 0.617. The molecule has 6 heteroatoms. The first-order chi connectivity index (χ1) is 9.51. The van der Waals surface area contributed by atoms with Gasteiger partial charge in [0.2, 0.25) is 0 Å². The lowest BCUT2D eigenvalue weighted by molar-refractivity contribution is -0.141. The average Bonchev–Trinajstić information content (AvgIpc) is 2.38. The molecule has 0 saturated heterocycles. The van der Waals surface area contributed by atoms with Gasteiger partial charge in [0.25, 0.3) is 0 Å². The zero-order chi connectivity index (χ0) is 15.0. The maximum atomic E-state index is 11.4. The third-order valence-electron chi connectivity index (χ3n) is 2.26. The lowest BCUT2D eigenvalue weighted by Crippen LogP contribution is -2.11. The normalized spacial score (nSPS) is 11.1. The molecular formula is C14H16ClNO4. The number of ether oxygens (including phenoxy) is 2. The number of nitrogens with zero attached hydrogens (tertiary/aromatic N) is 1. The summed E-state index contributed by atoms with van der Waals surface area (Å²) in [7, 11) is 0. The van der Waals surface area contributed by atoms with Crippen molar-refractivity contribution in [2.45, 2.75) is 26.9 Å². The van der Waals surface area contributed by atoms with Crippen molar-refractivity contribution in [1.29, 1.82) is 0 Å². The van der Waals surface area contributed by atoms with Crippen LogP contribution in [0.25, 0.3) is 0 Å². The minimum atomic E-state index is -0.734. The molecule has 5 nitrogen and oxygen atoms in total. The van der Waals surface area contributed by atoms with Crippen LogP contribution in [0.15, 0.2) is 29.3 Å². The number of halogens is 1. The second-order valence-electron chi connectivity index (χ2n) is 4.01. The van der Waals surface area contributed by atoms with Gasteiger partial charge < -0.3 is 9.47 Å². The van der Waals surface area contributed by atoms with Gasteiger partial charge in [0.15, 0.2) is 0 Å². The van der Waals surface area contributed by atoms with E-state index in [1.54, 1.807) is 38.1 Å². The fraction of sp³-hybridized carbons (Fsp3) is 0.357. The molecule has 0 fully saturated rings. The Labute approximate surface area is 122 Å². The molecule has 0 bridgehead atoms. The van der Waals surface area contributed by atoms with Crippen LogP contribution in [0.2, 0.25) is 5.02 Å². The van der Waals surface area contributed by atoms with Gasteiger partial charge in [0.05, 0.1) is 13.0 Å². The second-order valence-corrected chi connectivity index (χ2v) is 4.45. The Morgan fingerprint density at radius 3 is 2.45 bits per heavy atom. The van der Waals surface area contributed by atoms with Crippen molar-refractivity contribution in [3.63, 3.8) is 0 Å². The smallest absolute Gasteiger partial charge is 0.433 e. The molecule has 0 spiro atoms. The van der Waals surface area contributed by atoms with Crippen molar-refractivity contribution in [2.24, 2.45) is 4.99 Å². The number of aliphatic imine (C=N–C) groups is 1. The van der Waals surface area contributed by atoms with E-state index in [0.29, 0.717) is 17.3 Å². The summed E-state index contributed by atoms with van der Waals surface area (Å²) in [5.74, 6) is -0.417. The summed E-state index contributed by atoms with van der Waals surface area (Å²) in [4.78, 5) is 26.3. The minimum Gasteiger partial charge on any atom is -0.466 e. The summed E-state index contributed by atoms with van der Waals surface area (Å²) in [6, 6.07) is 6.93. The van der Waals surface area contributed by atoms with Crippen LogP contribution < -0.4 is 0 Å². The van der Waals surface area contributed by atoms with Crippen molar-refractivity contribution in [3.8, 4) is 0 Å². The largest absolute Gasteiger partial charge is 0.466 e. The third-order valence-corrected chi connectivity index (χ3v) is 2.52. The summed E-state index contributed by atoms with van der Waals surface area (Å²) in [5.41, 5.74) is 1.16. The second kappa shape index (κ2) is 8.32. The molecule has 0 aliphatic rings. The Hall–Kier alpha value is -1.88. The molecule has 0 N–H and O–H groups in total.